The molecule has 1 amide bonds. The zero-order chi connectivity index (χ0) is 23.9. The zero-order valence-electron chi connectivity index (χ0n) is 20.6. The van der Waals surface area contributed by atoms with Crippen molar-refractivity contribution in [1.29, 1.82) is 0 Å². The van der Waals surface area contributed by atoms with Crippen LogP contribution in [0.25, 0.3) is 10.8 Å². The molecule has 4 rings (SSSR count). The summed E-state index contributed by atoms with van der Waals surface area (Å²) < 4.78 is 0. The monoisotopic (exact) mass is 458 g/mol. The predicted molar refractivity (Wildman–Crippen MR) is 140 cm³/mol. The molecule has 1 aliphatic rings. The molecule has 1 saturated carbocycles. The molecule has 0 spiro atoms. The zero-order valence-corrected chi connectivity index (χ0v) is 20.6. The van der Waals surface area contributed by atoms with Gasteiger partial charge in [-0.15, -0.1) is 0 Å². The summed E-state index contributed by atoms with van der Waals surface area (Å²) >= 11 is 0. The van der Waals surface area contributed by atoms with Gasteiger partial charge in [0.15, 0.2) is 0 Å². The molecular weight excluding hydrogens is 420 g/mol. The maximum Gasteiger partial charge on any atom is 0.226 e. The van der Waals surface area contributed by atoms with Crippen molar-refractivity contribution in [3.8, 4) is 0 Å². The molecule has 0 aliphatic heterocycles. The van der Waals surface area contributed by atoms with Crippen LogP contribution in [0.2, 0.25) is 0 Å². The van der Waals surface area contributed by atoms with Gasteiger partial charge in [-0.2, -0.15) is 0 Å². The van der Waals surface area contributed by atoms with E-state index in [2.05, 4.69) is 66.5 Å². The maximum atomic E-state index is 13.0. The number of aliphatic hydroxyl groups excluding tert-OH is 1. The molecule has 1 aliphatic carbocycles. The molecular formula is C30H38N2O2. The Morgan fingerprint density at radius 1 is 0.882 bits per heavy atom. The second kappa shape index (κ2) is 11.6. The summed E-state index contributed by atoms with van der Waals surface area (Å²) in [6.07, 6.45) is 5.68. The molecule has 34 heavy (non-hydrogen) atoms. The van der Waals surface area contributed by atoms with Crippen LogP contribution in [-0.4, -0.2) is 54.1 Å². The largest absolute Gasteiger partial charge is 0.396 e. The van der Waals surface area contributed by atoms with E-state index in [1.807, 2.05) is 24.1 Å². The van der Waals surface area contributed by atoms with Crippen LogP contribution in [-0.2, 0) is 17.8 Å². The molecule has 0 radical (unpaired) electrons. The van der Waals surface area contributed by atoms with E-state index < -0.39 is 0 Å². The normalized spacial score (nSPS) is 18.4. The summed E-state index contributed by atoms with van der Waals surface area (Å²) in [6, 6.07) is 24.0. The molecule has 0 saturated heterocycles. The Bertz CT molecular complexity index is 1070. The van der Waals surface area contributed by atoms with E-state index in [4.69, 9.17) is 5.11 Å². The Labute approximate surface area is 204 Å². The van der Waals surface area contributed by atoms with Crippen LogP contribution in [0.3, 0.4) is 0 Å². The minimum absolute atomic E-state index is 0.216. The first-order valence-corrected chi connectivity index (χ1v) is 12.6. The highest BCUT2D eigenvalue weighted by Gasteiger charge is 2.27. The average molecular weight is 459 g/mol. The quantitative estimate of drug-likeness (QED) is 0.468. The lowest BCUT2D eigenvalue weighted by Gasteiger charge is -2.35. The van der Waals surface area contributed by atoms with Crippen molar-refractivity contribution < 1.29 is 9.90 Å². The lowest BCUT2D eigenvalue weighted by molar-refractivity contribution is -0.131. The topological polar surface area (TPSA) is 43.8 Å². The third-order valence-electron chi connectivity index (χ3n) is 7.41. The van der Waals surface area contributed by atoms with Crippen LogP contribution in [0, 0.1) is 0 Å². The van der Waals surface area contributed by atoms with Crippen LogP contribution in [0.15, 0.2) is 66.7 Å². The third-order valence-corrected chi connectivity index (χ3v) is 7.41. The minimum Gasteiger partial charge on any atom is -0.396 e. The fraction of sp³-hybridized carbons (Fsp3) is 0.433. The Balaban J connectivity index is 1.27. The number of hydrogen-bond donors (Lipinski definition) is 1. The molecule has 180 valence electrons. The van der Waals surface area contributed by atoms with Crippen LogP contribution in [0.5, 0.6) is 0 Å². The second-order valence-corrected chi connectivity index (χ2v) is 9.92. The van der Waals surface area contributed by atoms with Gasteiger partial charge >= 0.3 is 0 Å². The molecule has 1 N–H and O–H groups in total. The van der Waals surface area contributed by atoms with Gasteiger partial charge < -0.3 is 14.9 Å². The van der Waals surface area contributed by atoms with Gasteiger partial charge in [0.1, 0.15) is 0 Å². The molecule has 0 bridgehead atoms. The third kappa shape index (κ3) is 6.25. The van der Waals surface area contributed by atoms with Crippen LogP contribution in [0.4, 0.5) is 0 Å². The second-order valence-electron chi connectivity index (χ2n) is 9.92. The Morgan fingerprint density at radius 3 is 2.26 bits per heavy atom. The summed E-state index contributed by atoms with van der Waals surface area (Å²) in [7, 11) is 4.08. The average Bonchev–Trinajstić information content (AvgIpc) is 2.87. The number of fused-ring (bicyclic) bond motifs is 1. The van der Waals surface area contributed by atoms with Gasteiger partial charge in [-0.05, 0) is 72.5 Å². The van der Waals surface area contributed by atoms with E-state index in [9.17, 15) is 4.79 Å². The lowest BCUT2D eigenvalue weighted by Crippen LogP contribution is -2.40. The van der Waals surface area contributed by atoms with Crippen molar-refractivity contribution in [2.75, 3.05) is 27.2 Å². The molecule has 3 aromatic carbocycles. The Hall–Kier alpha value is -2.69. The van der Waals surface area contributed by atoms with E-state index in [-0.39, 0.29) is 12.5 Å². The summed E-state index contributed by atoms with van der Waals surface area (Å²) in [5.41, 5.74) is 3.83. The maximum absolute atomic E-state index is 13.0. The number of likely N-dealkylation sites (N-methyl/N-ethyl adjacent to an activating group) is 1. The number of carbonyl (C=O) groups excluding carboxylic acids is 1. The van der Waals surface area contributed by atoms with Gasteiger partial charge in [0.2, 0.25) is 5.91 Å². The van der Waals surface area contributed by atoms with E-state index in [1.54, 1.807) is 0 Å². The number of hydrogen-bond acceptors (Lipinski definition) is 3. The van der Waals surface area contributed by atoms with E-state index >= 15 is 0 Å². The number of carbonyl (C=O) groups is 1. The van der Waals surface area contributed by atoms with Gasteiger partial charge in [0.05, 0.1) is 6.42 Å². The highest BCUT2D eigenvalue weighted by Crippen LogP contribution is 2.35. The fourth-order valence-electron chi connectivity index (χ4n) is 5.27. The SMILES string of the molecule is CN(CCCO)Cc1ccc([C@H]2CC[C@H](N(C)C(=O)Cc3ccc4ccccc4c3)CC2)cc1. The van der Waals surface area contributed by atoms with Crippen LogP contribution in [0.1, 0.15) is 54.7 Å². The fourth-order valence-corrected chi connectivity index (χ4v) is 5.27. The van der Waals surface area contributed by atoms with Gasteiger partial charge in [-0.25, -0.2) is 0 Å². The van der Waals surface area contributed by atoms with Gasteiger partial charge in [0.25, 0.3) is 0 Å². The first kappa shape index (κ1) is 24.4. The molecule has 0 atom stereocenters. The highest BCUT2D eigenvalue weighted by molar-refractivity contribution is 5.85. The first-order valence-electron chi connectivity index (χ1n) is 12.6. The number of amides is 1. The number of rotatable bonds is 9. The minimum atomic E-state index is 0.216. The lowest BCUT2D eigenvalue weighted by atomic mass is 9.81. The van der Waals surface area contributed by atoms with E-state index in [1.165, 1.54) is 21.9 Å². The molecule has 3 aromatic rings. The summed E-state index contributed by atoms with van der Waals surface area (Å²) in [5, 5.41) is 11.4. The van der Waals surface area contributed by atoms with E-state index in [0.717, 1.165) is 50.8 Å². The molecule has 0 unspecified atom stereocenters. The van der Waals surface area contributed by atoms with Crippen molar-refractivity contribution >= 4 is 16.7 Å². The summed E-state index contributed by atoms with van der Waals surface area (Å²) in [5.74, 6) is 0.801. The first-order chi connectivity index (χ1) is 16.5. The number of benzene rings is 3. The molecule has 4 nitrogen and oxygen atoms in total. The van der Waals surface area contributed by atoms with Crippen molar-refractivity contribution in [2.24, 2.45) is 0 Å². The van der Waals surface area contributed by atoms with Gasteiger partial charge in [0, 0.05) is 32.8 Å². The summed E-state index contributed by atoms with van der Waals surface area (Å²) in [6.45, 7) is 2.07. The summed E-state index contributed by atoms with van der Waals surface area (Å²) in [4.78, 5) is 17.2. The molecule has 0 heterocycles. The van der Waals surface area contributed by atoms with Crippen LogP contribution < -0.4 is 0 Å². The molecule has 4 heteroatoms. The standard InChI is InChI=1S/C30H38N2O2/c1-31(18-5-19-33)22-23-8-11-26(12-9-23)27-14-16-29(17-15-27)32(2)30(34)21-24-10-13-25-6-3-4-7-28(25)20-24/h3-4,6-13,20,27,29,33H,5,14-19,21-22H2,1-2H3/t27-,29-. The Kier molecular flexibility index (Phi) is 8.36. The predicted octanol–water partition coefficient (Wildman–Crippen LogP) is 5.38. The van der Waals surface area contributed by atoms with Gasteiger partial charge in [-0.1, -0.05) is 66.7 Å². The van der Waals surface area contributed by atoms with Crippen molar-refractivity contribution in [2.45, 2.75) is 57.0 Å². The smallest absolute Gasteiger partial charge is 0.226 e. The van der Waals surface area contributed by atoms with Crippen molar-refractivity contribution in [3.05, 3.63) is 83.4 Å². The van der Waals surface area contributed by atoms with Gasteiger partial charge in [-0.3, -0.25) is 4.79 Å². The Morgan fingerprint density at radius 2 is 1.56 bits per heavy atom. The van der Waals surface area contributed by atoms with Crippen LogP contribution >= 0.6 is 0 Å². The van der Waals surface area contributed by atoms with E-state index in [0.29, 0.717) is 18.4 Å². The van der Waals surface area contributed by atoms with Crippen molar-refractivity contribution in [3.63, 3.8) is 0 Å². The highest BCUT2D eigenvalue weighted by atomic mass is 16.3. The molecule has 0 aromatic heterocycles. The van der Waals surface area contributed by atoms with Crippen molar-refractivity contribution in [1.82, 2.24) is 9.80 Å². The molecule has 1 fully saturated rings. The number of nitrogens with zero attached hydrogens (tertiary/aromatic N) is 2. The number of aliphatic hydroxyl groups is 1.